The minimum atomic E-state index is -4.44. The Morgan fingerprint density at radius 2 is 1.40 bits per heavy atom. The molecule has 0 saturated carbocycles. The van der Waals surface area contributed by atoms with E-state index in [9.17, 15) is 30.4 Å². The molecule has 0 unspecified atom stereocenters. The zero-order chi connectivity index (χ0) is 32.0. The average Bonchev–Trinajstić information content (AvgIpc) is 3.02. The molecule has 0 radical (unpaired) electrons. The van der Waals surface area contributed by atoms with E-state index >= 15 is 0 Å². The van der Waals surface area contributed by atoms with E-state index in [1.54, 1.807) is 24.3 Å². The van der Waals surface area contributed by atoms with Crippen molar-refractivity contribution in [3.63, 3.8) is 0 Å². The number of nitrogens with one attached hydrogen (secondary N) is 2. The third kappa shape index (κ3) is 8.02. The van der Waals surface area contributed by atoms with Gasteiger partial charge < -0.3 is 4.74 Å². The van der Waals surface area contributed by atoms with Crippen LogP contribution in [0.2, 0.25) is 0 Å². The molecule has 0 spiro atoms. The highest BCUT2D eigenvalue weighted by Gasteiger charge is 2.20. The predicted molar refractivity (Wildman–Crippen MR) is 167 cm³/mol. The maximum Gasteiger partial charge on any atom is 0.264 e. The second-order valence-corrected chi connectivity index (χ2v) is 13.5. The summed E-state index contributed by atoms with van der Waals surface area (Å²) in [6.07, 6.45) is 0.284. The molecule has 5 rings (SSSR count). The largest absolute Gasteiger partial charge is 0.493 e. The van der Waals surface area contributed by atoms with Crippen LogP contribution in [0, 0.1) is 11.6 Å². The standard InChI is InChI=1S/C33H28F2N2O6S2/c34-30-16-15-29(22-31(30)35)45(41,42)37-33(38)17-13-25-12-14-27(36-44(39,40)28-8-2-1-3-9-28)21-32(25)43-19-18-23-10-11-24-6-4-5-7-26(24)20-23/h1-12,14-16,20-22,36H,13,17-19H2,(H,37,38). The number of anilines is 1. The molecule has 0 atom stereocenters. The van der Waals surface area contributed by atoms with Crippen molar-refractivity contribution in [2.24, 2.45) is 0 Å². The van der Waals surface area contributed by atoms with Crippen LogP contribution in [0.4, 0.5) is 14.5 Å². The van der Waals surface area contributed by atoms with E-state index in [1.807, 2.05) is 41.1 Å². The van der Waals surface area contributed by atoms with Crippen LogP contribution in [0.1, 0.15) is 17.5 Å². The van der Waals surface area contributed by atoms with Gasteiger partial charge in [-0.05, 0) is 64.7 Å². The molecule has 2 N–H and O–H groups in total. The molecule has 0 aromatic heterocycles. The number of rotatable bonds is 12. The van der Waals surface area contributed by atoms with Crippen LogP contribution in [0.5, 0.6) is 5.75 Å². The van der Waals surface area contributed by atoms with Gasteiger partial charge in [-0.25, -0.2) is 30.3 Å². The monoisotopic (exact) mass is 650 g/mol. The molecule has 0 saturated heterocycles. The summed E-state index contributed by atoms with van der Waals surface area (Å²) in [7, 11) is -8.33. The summed E-state index contributed by atoms with van der Waals surface area (Å²) in [5, 5.41) is 2.19. The Bertz CT molecular complexity index is 2070. The van der Waals surface area contributed by atoms with E-state index in [-0.39, 0.29) is 30.0 Å². The Labute approximate surface area is 259 Å². The van der Waals surface area contributed by atoms with Gasteiger partial charge in [-0.3, -0.25) is 9.52 Å². The Morgan fingerprint density at radius 1 is 0.667 bits per heavy atom. The van der Waals surface area contributed by atoms with Crippen molar-refractivity contribution in [2.45, 2.75) is 29.1 Å². The first-order valence-electron chi connectivity index (χ1n) is 13.8. The fourth-order valence-corrected chi connectivity index (χ4v) is 6.69. The molecule has 5 aromatic rings. The fraction of sp³-hybridized carbons (Fsp3) is 0.121. The maximum atomic E-state index is 13.6. The van der Waals surface area contributed by atoms with Crippen LogP contribution in [-0.4, -0.2) is 29.3 Å². The number of benzene rings is 5. The van der Waals surface area contributed by atoms with Gasteiger partial charge in [0.05, 0.1) is 22.1 Å². The molecule has 0 heterocycles. The van der Waals surface area contributed by atoms with Crippen molar-refractivity contribution in [1.82, 2.24) is 4.72 Å². The number of aryl methyl sites for hydroxylation is 1. The van der Waals surface area contributed by atoms with E-state index in [1.165, 1.54) is 24.3 Å². The summed E-state index contributed by atoms with van der Waals surface area (Å²) in [6, 6.07) is 28.5. The van der Waals surface area contributed by atoms with Crippen LogP contribution >= 0.6 is 0 Å². The summed E-state index contributed by atoms with van der Waals surface area (Å²) in [6.45, 7) is 0.233. The lowest BCUT2D eigenvalue weighted by Crippen LogP contribution is -2.30. The topological polar surface area (TPSA) is 119 Å². The summed E-state index contributed by atoms with van der Waals surface area (Å²) in [4.78, 5) is 12.1. The van der Waals surface area contributed by atoms with Gasteiger partial charge in [-0.2, -0.15) is 0 Å². The highest BCUT2D eigenvalue weighted by atomic mass is 32.2. The number of carbonyl (C=O) groups is 1. The molecule has 232 valence electrons. The Balaban J connectivity index is 1.31. The first-order chi connectivity index (χ1) is 21.5. The van der Waals surface area contributed by atoms with Crippen molar-refractivity contribution >= 4 is 42.4 Å². The third-order valence-electron chi connectivity index (χ3n) is 6.91. The molecular formula is C33H28F2N2O6S2. The normalized spacial score (nSPS) is 11.7. The number of fused-ring (bicyclic) bond motifs is 1. The molecular weight excluding hydrogens is 623 g/mol. The van der Waals surface area contributed by atoms with Crippen molar-refractivity contribution in [2.75, 3.05) is 11.3 Å². The predicted octanol–water partition coefficient (Wildman–Crippen LogP) is 5.98. The number of hydrogen-bond acceptors (Lipinski definition) is 6. The first kappa shape index (κ1) is 31.6. The molecule has 0 bridgehead atoms. The molecule has 12 heteroatoms. The van der Waals surface area contributed by atoms with Crippen LogP contribution in [0.15, 0.2) is 119 Å². The molecule has 45 heavy (non-hydrogen) atoms. The SMILES string of the molecule is O=C(CCc1ccc(NS(=O)(=O)c2ccccc2)cc1OCCc1ccc2ccccc2c1)NS(=O)(=O)c1ccc(F)c(F)c1. The second-order valence-electron chi connectivity index (χ2n) is 10.1. The van der Waals surface area contributed by atoms with Gasteiger partial charge in [-0.1, -0.05) is 66.7 Å². The number of hydrogen-bond donors (Lipinski definition) is 2. The lowest BCUT2D eigenvalue weighted by Gasteiger charge is -2.15. The van der Waals surface area contributed by atoms with Gasteiger partial charge in [0.2, 0.25) is 5.91 Å². The second kappa shape index (κ2) is 13.4. The van der Waals surface area contributed by atoms with Gasteiger partial charge in [0, 0.05) is 18.9 Å². The summed E-state index contributed by atoms with van der Waals surface area (Å²) in [5.74, 6) is -3.15. The Morgan fingerprint density at radius 3 is 2.16 bits per heavy atom. The highest BCUT2D eigenvalue weighted by Crippen LogP contribution is 2.27. The zero-order valence-electron chi connectivity index (χ0n) is 23.7. The highest BCUT2D eigenvalue weighted by molar-refractivity contribution is 7.92. The Hall–Kier alpha value is -4.81. The van der Waals surface area contributed by atoms with Crippen LogP contribution in [0.25, 0.3) is 10.8 Å². The fourth-order valence-electron chi connectivity index (χ4n) is 4.60. The summed E-state index contributed by atoms with van der Waals surface area (Å²) in [5.41, 5.74) is 1.78. The van der Waals surface area contributed by atoms with Crippen molar-refractivity contribution in [3.05, 3.63) is 132 Å². The molecule has 0 aliphatic carbocycles. The van der Waals surface area contributed by atoms with E-state index in [2.05, 4.69) is 10.8 Å². The number of ether oxygens (including phenoxy) is 1. The minimum absolute atomic E-state index is 0.0379. The zero-order valence-corrected chi connectivity index (χ0v) is 25.4. The summed E-state index contributed by atoms with van der Waals surface area (Å²) < 4.78 is 88.1. The smallest absolute Gasteiger partial charge is 0.264 e. The van der Waals surface area contributed by atoms with Crippen molar-refractivity contribution < 1.29 is 35.1 Å². The van der Waals surface area contributed by atoms with Gasteiger partial charge in [-0.15, -0.1) is 0 Å². The van der Waals surface area contributed by atoms with Gasteiger partial charge in [0.1, 0.15) is 5.75 Å². The van der Waals surface area contributed by atoms with Crippen LogP contribution in [-0.2, 0) is 37.7 Å². The van der Waals surface area contributed by atoms with Gasteiger partial charge in [0.15, 0.2) is 11.6 Å². The lowest BCUT2D eigenvalue weighted by atomic mass is 10.1. The summed E-state index contributed by atoms with van der Waals surface area (Å²) >= 11 is 0. The van der Waals surface area contributed by atoms with E-state index in [0.29, 0.717) is 29.9 Å². The number of carbonyl (C=O) groups excluding carboxylic acids is 1. The van der Waals surface area contributed by atoms with E-state index in [4.69, 9.17) is 4.74 Å². The third-order valence-corrected chi connectivity index (χ3v) is 9.67. The molecule has 8 nitrogen and oxygen atoms in total. The van der Waals surface area contributed by atoms with Crippen molar-refractivity contribution in [3.8, 4) is 5.75 Å². The number of amides is 1. The average molecular weight is 651 g/mol. The molecule has 1 amide bonds. The maximum absolute atomic E-state index is 13.6. The van der Waals surface area contributed by atoms with Crippen LogP contribution in [0.3, 0.4) is 0 Å². The minimum Gasteiger partial charge on any atom is -0.493 e. The number of halogens is 2. The molecule has 0 aliphatic rings. The molecule has 5 aromatic carbocycles. The van der Waals surface area contributed by atoms with E-state index in [0.717, 1.165) is 22.4 Å². The Kier molecular flexibility index (Phi) is 9.45. The van der Waals surface area contributed by atoms with Gasteiger partial charge >= 0.3 is 0 Å². The molecule has 0 fully saturated rings. The lowest BCUT2D eigenvalue weighted by molar-refractivity contribution is -0.119. The molecule has 0 aliphatic heterocycles. The number of sulfonamides is 2. The van der Waals surface area contributed by atoms with E-state index < -0.39 is 42.5 Å². The first-order valence-corrected chi connectivity index (χ1v) is 16.8. The van der Waals surface area contributed by atoms with Crippen LogP contribution < -0.4 is 14.2 Å². The quantitative estimate of drug-likeness (QED) is 0.172. The van der Waals surface area contributed by atoms with Gasteiger partial charge in [0.25, 0.3) is 20.0 Å². The van der Waals surface area contributed by atoms with Crippen molar-refractivity contribution in [1.29, 1.82) is 0 Å².